The largest absolute Gasteiger partial charge is 0.298 e. The van der Waals surface area contributed by atoms with E-state index in [4.69, 9.17) is 12.2 Å². The molecule has 0 saturated heterocycles. The molecule has 128 valence electrons. The highest BCUT2D eigenvalue weighted by molar-refractivity contribution is 7.80. The molecule has 0 aromatic heterocycles. The molecule has 2 rings (SSSR count). The van der Waals surface area contributed by atoms with Crippen LogP contribution in [0.15, 0.2) is 60.7 Å². The topological polar surface area (TPSA) is 70.2 Å². The number of rotatable bonds is 4. The first-order chi connectivity index (χ1) is 12.0. The first-order valence-electron chi connectivity index (χ1n) is 7.71. The minimum absolute atomic E-state index is 0.0277. The van der Waals surface area contributed by atoms with Crippen molar-refractivity contribution in [2.75, 3.05) is 0 Å². The van der Waals surface area contributed by atoms with Gasteiger partial charge in [0, 0.05) is 6.08 Å². The highest BCUT2D eigenvalue weighted by Gasteiger charge is 2.05. The molecule has 0 atom stereocenters. The van der Waals surface area contributed by atoms with Crippen molar-refractivity contribution < 1.29 is 9.59 Å². The Morgan fingerprint density at radius 3 is 2.36 bits per heavy atom. The molecule has 2 aromatic carbocycles. The van der Waals surface area contributed by atoms with Gasteiger partial charge in [-0.3, -0.25) is 25.8 Å². The fourth-order valence-electron chi connectivity index (χ4n) is 1.99. The van der Waals surface area contributed by atoms with Crippen LogP contribution in [0.2, 0.25) is 0 Å². The quantitative estimate of drug-likeness (QED) is 0.448. The van der Waals surface area contributed by atoms with Crippen molar-refractivity contribution in [1.82, 2.24) is 16.2 Å². The maximum atomic E-state index is 11.8. The number of nitrogens with one attached hydrogen (secondary N) is 3. The van der Waals surface area contributed by atoms with Crippen LogP contribution in [-0.4, -0.2) is 16.9 Å². The summed E-state index contributed by atoms with van der Waals surface area (Å²) in [6.07, 6.45) is 3.29. The molecule has 2 aromatic rings. The van der Waals surface area contributed by atoms with Crippen LogP contribution in [0.4, 0.5) is 0 Å². The molecule has 6 heteroatoms. The molecule has 0 radical (unpaired) electrons. The van der Waals surface area contributed by atoms with E-state index in [0.717, 1.165) is 16.7 Å². The summed E-state index contributed by atoms with van der Waals surface area (Å²) in [5, 5.41) is 2.49. The molecule has 0 aliphatic heterocycles. The Bertz CT molecular complexity index is 771. The maximum absolute atomic E-state index is 11.8. The fourth-order valence-corrected chi connectivity index (χ4v) is 2.14. The van der Waals surface area contributed by atoms with Gasteiger partial charge in [-0.2, -0.15) is 0 Å². The van der Waals surface area contributed by atoms with Crippen molar-refractivity contribution in [1.29, 1.82) is 0 Å². The molecule has 25 heavy (non-hydrogen) atoms. The number of aryl methyl sites for hydroxylation is 1. The second-order valence-corrected chi connectivity index (χ2v) is 5.81. The molecule has 2 amide bonds. The number of hydrazine groups is 1. The van der Waals surface area contributed by atoms with Crippen molar-refractivity contribution in [2.24, 2.45) is 0 Å². The number of carbonyl (C=O) groups is 2. The monoisotopic (exact) mass is 353 g/mol. The van der Waals surface area contributed by atoms with E-state index in [1.54, 1.807) is 6.08 Å². The van der Waals surface area contributed by atoms with E-state index in [1.165, 1.54) is 6.08 Å². The predicted octanol–water partition coefficient (Wildman–Crippen LogP) is 2.27. The molecule has 0 bridgehead atoms. The summed E-state index contributed by atoms with van der Waals surface area (Å²) in [5.74, 6) is -0.631. The first kappa shape index (κ1) is 18.4. The molecule has 3 N–H and O–H groups in total. The predicted molar refractivity (Wildman–Crippen MR) is 102 cm³/mol. The van der Waals surface area contributed by atoms with E-state index < -0.39 is 0 Å². The summed E-state index contributed by atoms with van der Waals surface area (Å²) >= 11 is 4.97. The highest BCUT2D eigenvalue weighted by atomic mass is 32.1. The van der Waals surface area contributed by atoms with E-state index in [0.29, 0.717) is 0 Å². The Morgan fingerprint density at radius 2 is 1.68 bits per heavy atom. The highest BCUT2D eigenvalue weighted by Crippen LogP contribution is 2.04. The van der Waals surface area contributed by atoms with Crippen molar-refractivity contribution in [2.45, 2.75) is 13.3 Å². The number of thiocarbonyl (C=S) groups is 1. The van der Waals surface area contributed by atoms with E-state index in [9.17, 15) is 9.59 Å². The van der Waals surface area contributed by atoms with Gasteiger partial charge >= 0.3 is 0 Å². The summed E-state index contributed by atoms with van der Waals surface area (Å²) in [4.78, 5) is 23.6. The van der Waals surface area contributed by atoms with E-state index >= 15 is 0 Å². The van der Waals surface area contributed by atoms with Gasteiger partial charge in [0.05, 0.1) is 6.42 Å². The Kier molecular flexibility index (Phi) is 6.86. The lowest BCUT2D eigenvalue weighted by Gasteiger charge is -2.09. The van der Waals surface area contributed by atoms with Crippen LogP contribution < -0.4 is 16.2 Å². The molecule has 0 heterocycles. The zero-order valence-electron chi connectivity index (χ0n) is 13.8. The second-order valence-electron chi connectivity index (χ2n) is 5.40. The number of hydrogen-bond donors (Lipinski definition) is 3. The van der Waals surface area contributed by atoms with Crippen molar-refractivity contribution >= 4 is 35.2 Å². The van der Waals surface area contributed by atoms with Crippen molar-refractivity contribution in [3.63, 3.8) is 0 Å². The molecular formula is C19H19N3O2S. The van der Waals surface area contributed by atoms with Gasteiger partial charge in [-0.1, -0.05) is 60.2 Å². The van der Waals surface area contributed by atoms with Crippen LogP contribution in [-0.2, 0) is 16.0 Å². The van der Waals surface area contributed by atoms with Gasteiger partial charge in [0.2, 0.25) is 11.8 Å². The maximum Gasteiger partial charge on any atom is 0.250 e. The number of benzene rings is 2. The Labute approximate surface area is 152 Å². The smallest absolute Gasteiger partial charge is 0.250 e. The van der Waals surface area contributed by atoms with Crippen LogP contribution in [0.5, 0.6) is 0 Å². The molecule has 0 saturated carbocycles. The lowest BCUT2D eigenvalue weighted by atomic mass is 10.1. The molecule has 0 aliphatic rings. The molecule has 0 unspecified atom stereocenters. The molecular weight excluding hydrogens is 334 g/mol. The zero-order valence-corrected chi connectivity index (χ0v) is 14.6. The van der Waals surface area contributed by atoms with Crippen molar-refractivity contribution in [3.05, 3.63) is 77.4 Å². The number of hydrogen-bond acceptors (Lipinski definition) is 3. The second kappa shape index (κ2) is 9.34. The van der Waals surface area contributed by atoms with Crippen molar-refractivity contribution in [3.8, 4) is 0 Å². The molecule has 0 aliphatic carbocycles. The Balaban J connectivity index is 1.73. The van der Waals surface area contributed by atoms with Gasteiger partial charge in [0.15, 0.2) is 5.11 Å². The summed E-state index contributed by atoms with van der Waals surface area (Å²) in [5.41, 5.74) is 7.90. The van der Waals surface area contributed by atoms with Gasteiger partial charge in [0.25, 0.3) is 0 Å². The lowest BCUT2D eigenvalue weighted by molar-refractivity contribution is -0.121. The molecule has 0 spiro atoms. The number of amides is 2. The van der Waals surface area contributed by atoms with Crippen LogP contribution in [0, 0.1) is 6.92 Å². The zero-order chi connectivity index (χ0) is 18.1. The van der Waals surface area contributed by atoms with Gasteiger partial charge in [-0.05, 0) is 36.3 Å². The summed E-state index contributed by atoms with van der Waals surface area (Å²) in [7, 11) is 0. The minimum atomic E-state index is -0.379. The van der Waals surface area contributed by atoms with Crippen LogP contribution in [0.25, 0.3) is 6.08 Å². The van der Waals surface area contributed by atoms with Crippen LogP contribution in [0.1, 0.15) is 16.7 Å². The molecule has 0 fully saturated rings. The lowest BCUT2D eigenvalue weighted by Crippen LogP contribution is -2.48. The van der Waals surface area contributed by atoms with Gasteiger partial charge < -0.3 is 0 Å². The Morgan fingerprint density at radius 1 is 1.00 bits per heavy atom. The normalized spacial score (nSPS) is 10.3. The summed E-state index contributed by atoms with van der Waals surface area (Å²) < 4.78 is 0. The van der Waals surface area contributed by atoms with E-state index in [1.807, 2.05) is 61.5 Å². The third-order valence-electron chi connectivity index (χ3n) is 3.26. The average molecular weight is 353 g/mol. The number of carbonyl (C=O) groups excluding carboxylic acids is 2. The Hall–Kier alpha value is -2.99. The van der Waals surface area contributed by atoms with Crippen LogP contribution >= 0.6 is 12.2 Å². The summed E-state index contributed by atoms with van der Waals surface area (Å²) in [6.45, 7) is 2.00. The fraction of sp³-hybridized carbons (Fsp3) is 0.105. The average Bonchev–Trinajstić information content (AvgIpc) is 2.60. The summed E-state index contributed by atoms with van der Waals surface area (Å²) in [6, 6.07) is 17.1. The van der Waals surface area contributed by atoms with Gasteiger partial charge in [0.1, 0.15) is 0 Å². The third kappa shape index (κ3) is 6.97. The van der Waals surface area contributed by atoms with Gasteiger partial charge in [-0.15, -0.1) is 0 Å². The van der Waals surface area contributed by atoms with E-state index in [2.05, 4.69) is 16.2 Å². The standard InChI is InChI=1S/C19H19N3O2S/c1-14-7-9-15(10-8-14)11-12-17(23)20-19(25)22-21-18(24)13-16-5-3-2-4-6-16/h2-12H,13H2,1H3,(H,21,24)(H2,20,22,23,25)/b12-11+. The van der Waals surface area contributed by atoms with Crippen LogP contribution in [0.3, 0.4) is 0 Å². The minimum Gasteiger partial charge on any atom is -0.298 e. The van der Waals surface area contributed by atoms with E-state index in [-0.39, 0.29) is 23.3 Å². The molecule has 5 nitrogen and oxygen atoms in total. The first-order valence-corrected chi connectivity index (χ1v) is 8.12. The third-order valence-corrected chi connectivity index (χ3v) is 3.47. The van der Waals surface area contributed by atoms with Gasteiger partial charge in [-0.25, -0.2) is 0 Å². The SMILES string of the molecule is Cc1ccc(/C=C/C(=O)NC(=S)NNC(=O)Cc2ccccc2)cc1.